The molecule has 24 heavy (non-hydrogen) atoms. The van der Waals surface area contributed by atoms with E-state index >= 15 is 0 Å². The number of nitrogens with zero attached hydrogens (tertiary/aromatic N) is 5. The van der Waals surface area contributed by atoms with Gasteiger partial charge in [-0.1, -0.05) is 0 Å². The van der Waals surface area contributed by atoms with E-state index in [0.717, 1.165) is 51.5 Å². The van der Waals surface area contributed by atoms with Gasteiger partial charge in [0.2, 0.25) is 0 Å². The van der Waals surface area contributed by atoms with Crippen molar-refractivity contribution in [2.24, 2.45) is 0 Å². The van der Waals surface area contributed by atoms with Gasteiger partial charge in [-0.05, 0) is 18.6 Å². The fourth-order valence-corrected chi connectivity index (χ4v) is 3.41. The standard InChI is InChI=1S/C17H21N5O2/c23-17(14-10-19-22(12-14)15-2-1-4-18-11-15)21-5-3-16(13-21)20-6-8-24-9-7-20/h1-2,4,10-12,16H,3,5-9,13H2. The van der Waals surface area contributed by atoms with Crippen molar-refractivity contribution >= 4 is 5.91 Å². The van der Waals surface area contributed by atoms with Crippen molar-refractivity contribution in [1.82, 2.24) is 24.6 Å². The van der Waals surface area contributed by atoms with E-state index < -0.39 is 0 Å². The summed E-state index contributed by atoms with van der Waals surface area (Å²) in [6.45, 7) is 5.11. The van der Waals surface area contributed by atoms with E-state index in [0.29, 0.717) is 11.6 Å². The SMILES string of the molecule is O=C(c1cnn(-c2cccnc2)c1)N1CCC(N2CCOCC2)C1. The fourth-order valence-electron chi connectivity index (χ4n) is 3.41. The highest BCUT2D eigenvalue weighted by Crippen LogP contribution is 2.19. The molecule has 126 valence electrons. The van der Waals surface area contributed by atoms with Crippen molar-refractivity contribution in [3.05, 3.63) is 42.5 Å². The Morgan fingerprint density at radius 2 is 2.08 bits per heavy atom. The fraction of sp³-hybridized carbons (Fsp3) is 0.471. The summed E-state index contributed by atoms with van der Waals surface area (Å²) in [7, 11) is 0. The van der Waals surface area contributed by atoms with Crippen molar-refractivity contribution in [1.29, 1.82) is 0 Å². The van der Waals surface area contributed by atoms with Crippen molar-refractivity contribution in [2.45, 2.75) is 12.5 Å². The first-order valence-corrected chi connectivity index (χ1v) is 8.37. The molecule has 2 fully saturated rings. The second-order valence-corrected chi connectivity index (χ2v) is 6.23. The van der Waals surface area contributed by atoms with Gasteiger partial charge in [-0.15, -0.1) is 0 Å². The van der Waals surface area contributed by atoms with Crippen LogP contribution in [0.15, 0.2) is 36.9 Å². The Kier molecular flexibility index (Phi) is 4.27. The molecule has 4 rings (SSSR count). The van der Waals surface area contributed by atoms with Gasteiger partial charge in [0.15, 0.2) is 0 Å². The van der Waals surface area contributed by atoms with Gasteiger partial charge in [0.1, 0.15) is 0 Å². The Morgan fingerprint density at radius 1 is 1.21 bits per heavy atom. The van der Waals surface area contributed by atoms with E-state index in [2.05, 4.69) is 15.0 Å². The molecule has 2 saturated heterocycles. The highest BCUT2D eigenvalue weighted by molar-refractivity contribution is 5.94. The first-order valence-electron chi connectivity index (χ1n) is 8.37. The molecule has 1 amide bonds. The molecule has 7 heteroatoms. The number of rotatable bonds is 3. The molecule has 0 aromatic carbocycles. The summed E-state index contributed by atoms with van der Waals surface area (Å²) < 4.78 is 7.10. The maximum Gasteiger partial charge on any atom is 0.257 e. The minimum absolute atomic E-state index is 0.0564. The second kappa shape index (κ2) is 6.70. The number of likely N-dealkylation sites (tertiary alicyclic amines) is 1. The predicted molar refractivity (Wildman–Crippen MR) is 88.1 cm³/mol. The molecule has 2 aliphatic rings. The quantitative estimate of drug-likeness (QED) is 0.835. The molecular weight excluding hydrogens is 306 g/mol. The summed E-state index contributed by atoms with van der Waals surface area (Å²) in [6.07, 6.45) is 7.89. The number of hydrogen-bond donors (Lipinski definition) is 0. The number of pyridine rings is 1. The molecule has 0 spiro atoms. The summed E-state index contributed by atoms with van der Waals surface area (Å²) in [6, 6.07) is 4.22. The van der Waals surface area contributed by atoms with Crippen molar-refractivity contribution in [2.75, 3.05) is 39.4 Å². The smallest absolute Gasteiger partial charge is 0.257 e. The van der Waals surface area contributed by atoms with Gasteiger partial charge in [-0.3, -0.25) is 14.7 Å². The molecular formula is C17H21N5O2. The Balaban J connectivity index is 1.42. The van der Waals surface area contributed by atoms with Gasteiger partial charge < -0.3 is 9.64 Å². The molecule has 0 aliphatic carbocycles. The Labute approximate surface area is 140 Å². The van der Waals surface area contributed by atoms with E-state index in [1.54, 1.807) is 29.5 Å². The van der Waals surface area contributed by atoms with Gasteiger partial charge in [-0.25, -0.2) is 4.68 Å². The van der Waals surface area contributed by atoms with Crippen LogP contribution in [0, 0.1) is 0 Å². The highest BCUT2D eigenvalue weighted by Gasteiger charge is 2.31. The van der Waals surface area contributed by atoms with Crippen LogP contribution in [0.3, 0.4) is 0 Å². The molecule has 0 bridgehead atoms. The first-order chi connectivity index (χ1) is 11.8. The monoisotopic (exact) mass is 327 g/mol. The van der Waals surface area contributed by atoms with E-state index in [9.17, 15) is 4.79 Å². The van der Waals surface area contributed by atoms with Crippen LogP contribution in [0.2, 0.25) is 0 Å². The van der Waals surface area contributed by atoms with E-state index in [4.69, 9.17) is 4.74 Å². The van der Waals surface area contributed by atoms with Crippen molar-refractivity contribution in [3.8, 4) is 5.69 Å². The zero-order valence-electron chi connectivity index (χ0n) is 13.5. The second-order valence-electron chi connectivity index (χ2n) is 6.23. The molecule has 2 aromatic heterocycles. The maximum absolute atomic E-state index is 12.7. The molecule has 1 unspecified atom stereocenters. The summed E-state index contributed by atoms with van der Waals surface area (Å²) in [5, 5.41) is 4.29. The van der Waals surface area contributed by atoms with Gasteiger partial charge in [0.05, 0.1) is 36.9 Å². The van der Waals surface area contributed by atoms with E-state index in [1.165, 1.54) is 0 Å². The van der Waals surface area contributed by atoms with Gasteiger partial charge >= 0.3 is 0 Å². The molecule has 7 nitrogen and oxygen atoms in total. The van der Waals surface area contributed by atoms with Crippen LogP contribution in [0.5, 0.6) is 0 Å². The van der Waals surface area contributed by atoms with Crippen LogP contribution in [-0.2, 0) is 4.74 Å². The van der Waals surface area contributed by atoms with E-state index in [1.807, 2.05) is 17.0 Å². The van der Waals surface area contributed by atoms with Crippen LogP contribution >= 0.6 is 0 Å². The highest BCUT2D eigenvalue weighted by atomic mass is 16.5. The third kappa shape index (κ3) is 3.05. The summed E-state index contributed by atoms with van der Waals surface area (Å²) in [5.41, 5.74) is 1.48. The number of aromatic nitrogens is 3. The zero-order chi connectivity index (χ0) is 16.4. The predicted octanol–water partition coefficient (Wildman–Crippen LogP) is 0.814. The topological polar surface area (TPSA) is 63.5 Å². The maximum atomic E-state index is 12.7. The van der Waals surface area contributed by atoms with Crippen LogP contribution in [0.25, 0.3) is 5.69 Å². The van der Waals surface area contributed by atoms with Crippen LogP contribution in [-0.4, -0.2) is 75.9 Å². The first kappa shape index (κ1) is 15.3. The molecule has 0 saturated carbocycles. The molecule has 2 aliphatic heterocycles. The van der Waals surface area contributed by atoms with Crippen molar-refractivity contribution < 1.29 is 9.53 Å². The number of carbonyl (C=O) groups excluding carboxylic acids is 1. The minimum atomic E-state index is 0.0564. The largest absolute Gasteiger partial charge is 0.379 e. The Bertz CT molecular complexity index is 696. The molecule has 4 heterocycles. The van der Waals surface area contributed by atoms with Crippen LogP contribution < -0.4 is 0 Å². The van der Waals surface area contributed by atoms with Crippen LogP contribution in [0.4, 0.5) is 0 Å². The minimum Gasteiger partial charge on any atom is -0.379 e. The number of amides is 1. The molecule has 2 aromatic rings. The lowest BCUT2D eigenvalue weighted by Gasteiger charge is -2.32. The Morgan fingerprint density at radius 3 is 2.88 bits per heavy atom. The number of morpholine rings is 1. The normalized spacial score (nSPS) is 22.0. The average Bonchev–Trinajstić information content (AvgIpc) is 3.33. The number of hydrogen-bond acceptors (Lipinski definition) is 5. The lowest BCUT2D eigenvalue weighted by atomic mass is 10.2. The Hall–Kier alpha value is -2.25. The summed E-state index contributed by atoms with van der Waals surface area (Å²) >= 11 is 0. The molecule has 0 radical (unpaired) electrons. The third-order valence-corrected chi connectivity index (χ3v) is 4.75. The van der Waals surface area contributed by atoms with E-state index in [-0.39, 0.29) is 5.91 Å². The lowest BCUT2D eigenvalue weighted by Crippen LogP contribution is -2.45. The van der Waals surface area contributed by atoms with Gasteiger partial charge in [-0.2, -0.15) is 5.10 Å². The van der Waals surface area contributed by atoms with Crippen LogP contribution in [0.1, 0.15) is 16.8 Å². The average molecular weight is 327 g/mol. The summed E-state index contributed by atoms with van der Waals surface area (Å²) in [5.74, 6) is 0.0564. The van der Waals surface area contributed by atoms with Crippen molar-refractivity contribution in [3.63, 3.8) is 0 Å². The third-order valence-electron chi connectivity index (χ3n) is 4.75. The summed E-state index contributed by atoms with van der Waals surface area (Å²) in [4.78, 5) is 21.2. The zero-order valence-corrected chi connectivity index (χ0v) is 13.5. The lowest BCUT2D eigenvalue weighted by molar-refractivity contribution is 0.0185. The number of carbonyl (C=O) groups is 1. The molecule has 1 atom stereocenters. The number of ether oxygens (including phenoxy) is 1. The molecule has 0 N–H and O–H groups in total. The van der Waals surface area contributed by atoms with Gasteiger partial charge in [0, 0.05) is 44.6 Å². The van der Waals surface area contributed by atoms with Gasteiger partial charge in [0.25, 0.3) is 5.91 Å².